The number of likely N-dealkylation sites (tertiary alicyclic amines) is 1. The lowest BCUT2D eigenvalue weighted by Gasteiger charge is -2.34. The molecule has 20 heavy (non-hydrogen) atoms. The maximum absolute atomic E-state index is 12.9. The number of piperidine rings is 1. The molecule has 3 rings (SSSR count). The minimum atomic E-state index is -0.263. The third kappa shape index (κ3) is 3.36. The van der Waals surface area contributed by atoms with Gasteiger partial charge in [0.15, 0.2) is 0 Å². The topological polar surface area (TPSA) is 28.2 Å². The third-order valence-corrected chi connectivity index (χ3v) is 4.55. The predicted molar refractivity (Wildman–Crippen MR) is 78.0 cm³/mol. The lowest BCUT2D eigenvalue weighted by molar-refractivity contribution is 0.182. The maximum Gasteiger partial charge on any atom is 0.141 e. The lowest BCUT2D eigenvalue weighted by Crippen LogP contribution is -2.44. The molecule has 110 valence electrons. The van der Waals surface area contributed by atoms with Gasteiger partial charge in [0.1, 0.15) is 5.82 Å². The monoisotopic (exact) mass is 277 g/mol. The first-order chi connectivity index (χ1) is 9.76. The van der Waals surface area contributed by atoms with Gasteiger partial charge in [0.2, 0.25) is 0 Å². The molecule has 1 atom stereocenters. The summed E-state index contributed by atoms with van der Waals surface area (Å²) in [6.45, 7) is 4.59. The second kappa shape index (κ2) is 6.19. The van der Waals surface area contributed by atoms with Crippen molar-refractivity contribution in [3.8, 4) is 0 Å². The van der Waals surface area contributed by atoms with E-state index in [1.165, 1.54) is 51.0 Å². The summed E-state index contributed by atoms with van der Waals surface area (Å²) in [5.41, 5.74) is 0.957. The minimum absolute atomic E-state index is 0.244. The number of hydrogen-bond acceptors (Lipinski definition) is 3. The summed E-state index contributed by atoms with van der Waals surface area (Å²) in [7, 11) is 0. The molecule has 1 saturated heterocycles. The van der Waals surface area contributed by atoms with Gasteiger partial charge in [0.05, 0.1) is 11.9 Å². The normalized spacial score (nSPS) is 22.9. The van der Waals surface area contributed by atoms with Crippen LogP contribution >= 0.6 is 0 Å². The van der Waals surface area contributed by atoms with Gasteiger partial charge in [0, 0.05) is 18.1 Å². The van der Waals surface area contributed by atoms with E-state index >= 15 is 0 Å². The smallest absolute Gasteiger partial charge is 0.141 e. The highest BCUT2D eigenvalue weighted by Gasteiger charge is 2.32. The number of rotatable bonds is 5. The van der Waals surface area contributed by atoms with Gasteiger partial charge in [0.25, 0.3) is 0 Å². The number of nitrogens with zero attached hydrogens (tertiary/aromatic N) is 2. The number of pyridine rings is 1. The molecule has 4 heteroatoms. The molecular formula is C16H24FN3. The fourth-order valence-corrected chi connectivity index (χ4v) is 3.16. The van der Waals surface area contributed by atoms with E-state index in [0.29, 0.717) is 6.04 Å². The van der Waals surface area contributed by atoms with Gasteiger partial charge in [-0.1, -0.05) is 6.92 Å². The maximum atomic E-state index is 12.9. The Bertz CT molecular complexity index is 422. The third-order valence-electron chi connectivity index (χ3n) is 4.55. The van der Waals surface area contributed by atoms with E-state index in [0.717, 1.165) is 18.2 Å². The van der Waals surface area contributed by atoms with Crippen LogP contribution in [0.15, 0.2) is 18.3 Å². The summed E-state index contributed by atoms with van der Waals surface area (Å²) < 4.78 is 12.9. The molecule has 2 fully saturated rings. The number of hydrogen-bond donors (Lipinski definition) is 1. The summed E-state index contributed by atoms with van der Waals surface area (Å²) in [6.07, 6.45) is 7.53. The molecule has 1 saturated carbocycles. The number of halogens is 1. The van der Waals surface area contributed by atoms with Gasteiger partial charge in [-0.25, -0.2) is 4.39 Å². The van der Waals surface area contributed by atoms with Crippen molar-refractivity contribution in [2.24, 2.45) is 0 Å². The van der Waals surface area contributed by atoms with Gasteiger partial charge < -0.3 is 10.2 Å². The molecule has 1 aliphatic heterocycles. The quantitative estimate of drug-likeness (QED) is 0.897. The first kappa shape index (κ1) is 14.0. The van der Waals surface area contributed by atoms with Crippen molar-refractivity contribution in [2.75, 3.05) is 13.1 Å². The molecule has 1 aromatic heterocycles. The number of nitrogens with one attached hydrogen (secondary N) is 1. The minimum Gasteiger partial charge on any atom is -0.306 e. The number of aromatic nitrogens is 1. The molecule has 2 aliphatic rings. The molecule has 3 nitrogen and oxygen atoms in total. The van der Waals surface area contributed by atoms with E-state index in [2.05, 4.69) is 22.1 Å². The van der Waals surface area contributed by atoms with Crippen LogP contribution in [0, 0.1) is 5.82 Å². The van der Waals surface area contributed by atoms with E-state index in [1.807, 2.05) is 0 Å². The van der Waals surface area contributed by atoms with Crippen molar-refractivity contribution < 1.29 is 4.39 Å². The van der Waals surface area contributed by atoms with E-state index in [1.54, 1.807) is 6.07 Å². The zero-order valence-corrected chi connectivity index (χ0v) is 12.2. The van der Waals surface area contributed by atoms with Crippen LogP contribution in [0.5, 0.6) is 0 Å². The largest absolute Gasteiger partial charge is 0.306 e. The van der Waals surface area contributed by atoms with Crippen LogP contribution in [0.3, 0.4) is 0 Å². The fourth-order valence-electron chi connectivity index (χ4n) is 3.16. The molecule has 0 spiro atoms. The molecular weight excluding hydrogens is 253 g/mol. The molecule has 2 heterocycles. The van der Waals surface area contributed by atoms with Crippen molar-refractivity contribution in [2.45, 2.75) is 57.2 Å². The Morgan fingerprint density at radius 3 is 2.60 bits per heavy atom. The van der Waals surface area contributed by atoms with E-state index in [4.69, 9.17) is 0 Å². The van der Waals surface area contributed by atoms with Crippen LogP contribution in [0.25, 0.3) is 0 Å². The van der Waals surface area contributed by atoms with Crippen LogP contribution < -0.4 is 5.32 Å². The highest BCUT2D eigenvalue weighted by atomic mass is 19.1. The second-order valence-corrected chi connectivity index (χ2v) is 6.07. The molecule has 0 amide bonds. The zero-order chi connectivity index (χ0) is 13.9. The summed E-state index contributed by atoms with van der Waals surface area (Å²) >= 11 is 0. The summed E-state index contributed by atoms with van der Waals surface area (Å²) in [5, 5.41) is 3.71. The fraction of sp³-hybridized carbons (Fsp3) is 0.688. The molecule has 1 aromatic rings. The van der Waals surface area contributed by atoms with Crippen molar-refractivity contribution in [1.29, 1.82) is 0 Å². The molecule has 0 aromatic carbocycles. The van der Waals surface area contributed by atoms with Crippen LogP contribution in [0.1, 0.15) is 50.8 Å². The van der Waals surface area contributed by atoms with E-state index in [9.17, 15) is 4.39 Å². The van der Waals surface area contributed by atoms with Gasteiger partial charge in [-0.3, -0.25) is 4.98 Å². The molecule has 1 aliphatic carbocycles. The van der Waals surface area contributed by atoms with Crippen LogP contribution in [-0.4, -0.2) is 35.1 Å². The Balaban J connectivity index is 1.54. The second-order valence-electron chi connectivity index (χ2n) is 6.07. The van der Waals surface area contributed by atoms with Crippen LogP contribution in [-0.2, 0) is 0 Å². The van der Waals surface area contributed by atoms with Gasteiger partial charge in [-0.2, -0.15) is 0 Å². The van der Waals surface area contributed by atoms with Crippen molar-refractivity contribution >= 4 is 0 Å². The summed E-state index contributed by atoms with van der Waals surface area (Å²) in [5.74, 6) is -0.263. The Morgan fingerprint density at radius 1 is 1.30 bits per heavy atom. The average Bonchev–Trinajstić information content (AvgIpc) is 3.31. The SMILES string of the molecule is CCC(NC1CCN(C2CC2)CC1)c1ccc(F)cn1. The van der Waals surface area contributed by atoms with E-state index in [-0.39, 0.29) is 11.9 Å². The summed E-state index contributed by atoms with van der Waals surface area (Å²) in [4.78, 5) is 6.85. The summed E-state index contributed by atoms with van der Waals surface area (Å²) in [6, 6.07) is 5.00. The van der Waals surface area contributed by atoms with Crippen molar-refractivity contribution in [1.82, 2.24) is 15.2 Å². The molecule has 1 unspecified atom stereocenters. The predicted octanol–water partition coefficient (Wildman–Crippen LogP) is 2.89. The molecule has 0 bridgehead atoms. The van der Waals surface area contributed by atoms with Crippen LogP contribution in [0.4, 0.5) is 4.39 Å². The Morgan fingerprint density at radius 2 is 2.05 bits per heavy atom. The highest BCUT2D eigenvalue weighted by Crippen LogP contribution is 2.29. The molecule has 1 N–H and O–H groups in total. The zero-order valence-electron chi connectivity index (χ0n) is 12.2. The van der Waals surface area contributed by atoms with Crippen LogP contribution in [0.2, 0.25) is 0 Å². The van der Waals surface area contributed by atoms with Crippen molar-refractivity contribution in [3.05, 3.63) is 29.8 Å². The first-order valence-electron chi connectivity index (χ1n) is 7.88. The van der Waals surface area contributed by atoms with Gasteiger partial charge in [-0.15, -0.1) is 0 Å². The first-order valence-corrected chi connectivity index (χ1v) is 7.88. The Kier molecular flexibility index (Phi) is 4.32. The van der Waals surface area contributed by atoms with E-state index < -0.39 is 0 Å². The highest BCUT2D eigenvalue weighted by molar-refractivity contribution is 5.10. The Hall–Kier alpha value is -1.00. The van der Waals surface area contributed by atoms with Crippen molar-refractivity contribution in [3.63, 3.8) is 0 Å². The van der Waals surface area contributed by atoms with Gasteiger partial charge >= 0.3 is 0 Å². The lowest BCUT2D eigenvalue weighted by atomic mass is 10.0. The average molecular weight is 277 g/mol. The Labute approximate surface area is 120 Å². The standard InChI is InChI=1S/C16H24FN3/c1-2-15(16-6-3-12(17)11-18-16)19-13-7-9-20(10-8-13)14-4-5-14/h3,6,11,13-15,19H,2,4-5,7-10H2,1H3. The molecule has 0 radical (unpaired) electrons. The van der Waals surface area contributed by atoms with Gasteiger partial charge in [-0.05, 0) is 57.3 Å².